The molecule has 2 aromatic rings. The lowest BCUT2D eigenvalue weighted by Crippen LogP contribution is -2.34. The SMILES string of the molecule is CNC(CONC=O)CC(Cc1ccccc1)c1ccccc1. The third kappa shape index (κ3) is 5.85. The molecule has 0 fully saturated rings. The van der Waals surface area contributed by atoms with Crippen LogP contribution in [0.25, 0.3) is 0 Å². The van der Waals surface area contributed by atoms with Crippen LogP contribution in [-0.2, 0) is 16.1 Å². The summed E-state index contributed by atoms with van der Waals surface area (Å²) in [6, 6.07) is 21.2. The molecule has 4 nitrogen and oxygen atoms in total. The Kier molecular flexibility index (Phi) is 7.30. The fourth-order valence-electron chi connectivity index (χ4n) is 2.76. The summed E-state index contributed by atoms with van der Waals surface area (Å²) in [5, 5.41) is 3.27. The Morgan fingerprint density at radius 3 is 2.30 bits per heavy atom. The first kappa shape index (κ1) is 17.2. The average molecular weight is 312 g/mol. The van der Waals surface area contributed by atoms with Gasteiger partial charge in [0, 0.05) is 6.04 Å². The van der Waals surface area contributed by atoms with Crippen LogP contribution in [0.1, 0.15) is 23.5 Å². The van der Waals surface area contributed by atoms with Crippen molar-refractivity contribution in [2.75, 3.05) is 13.7 Å². The number of rotatable bonds is 10. The standard InChI is InChI=1S/C19H24N2O2/c1-20-19(14-23-21-15-22)13-18(17-10-6-3-7-11-17)12-16-8-4-2-5-9-16/h2-11,15,18-20H,12-14H2,1H3,(H,21,22). The van der Waals surface area contributed by atoms with E-state index in [0.717, 1.165) is 12.8 Å². The number of carbonyl (C=O) groups is 1. The van der Waals surface area contributed by atoms with E-state index in [0.29, 0.717) is 18.9 Å². The van der Waals surface area contributed by atoms with Crippen molar-refractivity contribution in [1.82, 2.24) is 10.8 Å². The van der Waals surface area contributed by atoms with Crippen molar-refractivity contribution >= 4 is 6.41 Å². The summed E-state index contributed by atoms with van der Waals surface area (Å²) in [6.45, 7) is 0.438. The molecule has 23 heavy (non-hydrogen) atoms. The molecular weight excluding hydrogens is 288 g/mol. The molecule has 0 radical (unpaired) electrons. The molecule has 0 aromatic heterocycles. The molecule has 2 rings (SSSR count). The van der Waals surface area contributed by atoms with Gasteiger partial charge in [-0.3, -0.25) is 9.63 Å². The van der Waals surface area contributed by atoms with E-state index < -0.39 is 0 Å². The summed E-state index contributed by atoms with van der Waals surface area (Å²) in [4.78, 5) is 15.4. The van der Waals surface area contributed by atoms with Gasteiger partial charge in [-0.05, 0) is 36.9 Å². The van der Waals surface area contributed by atoms with Crippen molar-refractivity contribution in [2.45, 2.75) is 24.8 Å². The molecule has 0 bridgehead atoms. The van der Waals surface area contributed by atoms with Crippen molar-refractivity contribution in [1.29, 1.82) is 0 Å². The highest BCUT2D eigenvalue weighted by Gasteiger charge is 2.18. The lowest BCUT2D eigenvalue weighted by molar-refractivity contribution is -0.121. The summed E-state index contributed by atoms with van der Waals surface area (Å²) in [5.41, 5.74) is 4.90. The third-order valence-electron chi connectivity index (χ3n) is 3.99. The van der Waals surface area contributed by atoms with Gasteiger partial charge < -0.3 is 5.32 Å². The van der Waals surface area contributed by atoms with E-state index >= 15 is 0 Å². The Morgan fingerprint density at radius 2 is 1.70 bits per heavy atom. The molecule has 2 N–H and O–H groups in total. The molecule has 2 unspecified atom stereocenters. The van der Waals surface area contributed by atoms with Gasteiger partial charge in [0.1, 0.15) is 0 Å². The molecule has 1 amide bonds. The van der Waals surface area contributed by atoms with Gasteiger partial charge in [0.05, 0.1) is 6.61 Å². The molecule has 0 aliphatic rings. The Labute approximate surface area is 137 Å². The summed E-state index contributed by atoms with van der Waals surface area (Å²) in [6.07, 6.45) is 2.45. The fourth-order valence-corrected chi connectivity index (χ4v) is 2.76. The predicted octanol–water partition coefficient (Wildman–Crippen LogP) is 2.67. The minimum atomic E-state index is 0.163. The molecule has 4 heteroatoms. The second-order valence-corrected chi connectivity index (χ2v) is 5.57. The number of benzene rings is 2. The van der Waals surface area contributed by atoms with E-state index in [1.807, 2.05) is 19.2 Å². The smallest absolute Gasteiger partial charge is 0.230 e. The van der Waals surface area contributed by atoms with Crippen molar-refractivity contribution in [2.24, 2.45) is 0 Å². The van der Waals surface area contributed by atoms with E-state index in [-0.39, 0.29) is 6.04 Å². The highest BCUT2D eigenvalue weighted by molar-refractivity contribution is 5.43. The molecule has 2 aromatic carbocycles. The van der Waals surface area contributed by atoms with Crippen LogP contribution >= 0.6 is 0 Å². The first-order chi connectivity index (χ1) is 11.3. The fraction of sp³-hybridized carbons (Fsp3) is 0.316. The number of hydrogen-bond donors (Lipinski definition) is 2. The van der Waals surface area contributed by atoms with Crippen LogP contribution in [0, 0.1) is 0 Å². The quantitative estimate of drug-likeness (QED) is 0.403. The van der Waals surface area contributed by atoms with Crippen molar-refractivity contribution in [3.8, 4) is 0 Å². The van der Waals surface area contributed by atoms with Gasteiger partial charge in [0.25, 0.3) is 0 Å². The van der Waals surface area contributed by atoms with E-state index in [1.165, 1.54) is 11.1 Å². The molecule has 2 atom stereocenters. The van der Waals surface area contributed by atoms with E-state index in [1.54, 1.807) is 0 Å². The molecule has 122 valence electrons. The third-order valence-corrected chi connectivity index (χ3v) is 3.99. The van der Waals surface area contributed by atoms with Gasteiger partial charge in [-0.25, -0.2) is 5.48 Å². The van der Waals surface area contributed by atoms with Crippen LogP contribution in [0.5, 0.6) is 0 Å². The molecule has 0 saturated carbocycles. The Bertz CT molecular complexity index is 560. The van der Waals surface area contributed by atoms with Crippen molar-refractivity contribution in [3.05, 3.63) is 71.8 Å². The molecule has 0 aliphatic heterocycles. The minimum absolute atomic E-state index is 0.163. The van der Waals surface area contributed by atoms with Crippen LogP contribution in [0.15, 0.2) is 60.7 Å². The van der Waals surface area contributed by atoms with Gasteiger partial charge in [-0.15, -0.1) is 0 Å². The highest BCUT2D eigenvalue weighted by Crippen LogP contribution is 2.25. The van der Waals surface area contributed by atoms with Gasteiger partial charge in [0.15, 0.2) is 0 Å². The number of amides is 1. The van der Waals surface area contributed by atoms with Crippen LogP contribution in [-0.4, -0.2) is 26.1 Å². The predicted molar refractivity (Wildman–Crippen MR) is 91.9 cm³/mol. The van der Waals surface area contributed by atoms with Gasteiger partial charge >= 0.3 is 0 Å². The number of nitrogens with one attached hydrogen (secondary N) is 2. The zero-order valence-electron chi connectivity index (χ0n) is 13.4. The van der Waals surface area contributed by atoms with E-state index in [2.05, 4.69) is 59.3 Å². The summed E-state index contributed by atoms with van der Waals surface area (Å²) < 4.78 is 0. The zero-order chi connectivity index (χ0) is 16.3. The second kappa shape index (κ2) is 9.77. The molecule has 0 heterocycles. The number of hydrogen-bond acceptors (Lipinski definition) is 3. The lowest BCUT2D eigenvalue weighted by Gasteiger charge is -2.23. The zero-order valence-corrected chi connectivity index (χ0v) is 13.4. The van der Waals surface area contributed by atoms with Crippen molar-refractivity contribution in [3.63, 3.8) is 0 Å². The first-order valence-corrected chi connectivity index (χ1v) is 7.90. The van der Waals surface area contributed by atoms with E-state index in [9.17, 15) is 4.79 Å². The van der Waals surface area contributed by atoms with Crippen LogP contribution in [0.3, 0.4) is 0 Å². The number of carbonyl (C=O) groups excluding carboxylic acids is 1. The lowest BCUT2D eigenvalue weighted by atomic mass is 9.87. The van der Waals surface area contributed by atoms with Gasteiger partial charge in [0.2, 0.25) is 6.41 Å². The topological polar surface area (TPSA) is 50.4 Å². The maximum absolute atomic E-state index is 10.3. The highest BCUT2D eigenvalue weighted by atomic mass is 16.6. The monoisotopic (exact) mass is 312 g/mol. The molecule has 0 aliphatic carbocycles. The van der Waals surface area contributed by atoms with Crippen molar-refractivity contribution < 1.29 is 9.63 Å². The maximum Gasteiger partial charge on any atom is 0.230 e. The average Bonchev–Trinajstić information content (AvgIpc) is 2.62. The maximum atomic E-state index is 10.3. The Hall–Kier alpha value is -2.17. The van der Waals surface area contributed by atoms with Crippen LogP contribution < -0.4 is 10.8 Å². The van der Waals surface area contributed by atoms with Crippen LogP contribution in [0.2, 0.25) is 0 Å². The normalized spacial score (nSPS) is 13.3. The summed E-state index contributed by atoms with van der Waals surface area (Å²) in [5.74, 6) is 0.385. The van der Waals surface area contributed by atoms with Crippen LogP contribution in [0.4, 0.5) is 0 Å². The first-order valence-electron chi connectivity index (χ1n) is 7.90. The van der Waals surface area contributed by atoms with Gasteiger partial charge in [-0.2, -0.15) is 0 Å². The van der Waals surface area contributed by atoms with E-state index in [4.69, 9.17) is 4.84 Å². The summed E-state index contributed by atoms with van der Waals surface area (Å²) in [7, 11) is 1.92. The Morgan fingerprint density at radius 1 is 1.04 bits per heavy atom. The molecule has 0 spiro atoms. The minimum Gasteiger partial charge on any atom is -0.315 e. The molecule has 0 saturated heterocycles. The largest absolute Gasteiger partial charge is 0.315 e. The second-order valence-electron chi connectivity index (χ2n) is 5.57. The Balaban J connectivity index is 2.08. The number of likely N-dealkylation sites (N-methyl/N-ethyl adjacent to an activating group) is 1. The van der Waals surface area contributed by atoms with Gasteiger partial charge in [-0.1, -0.05) is 60.7 Å². The number of hydroxylamine groups is 1. The molecular formula is C19H24N2O2. The summed E-state index contributed by atoms with van der Waals surface area (Å²) >= 11 is 0.